The lowest BCUT2D eigenvalue weighted by atomic mass is 10.0. The molecule has 77 heavy (non-hydrogen) atoms. The molecule has 442 valence electrons. The number of ether oxygens (including phenoxy) is 4. The van der Waals surface area contributed by atoms with Gasteiger partial charge in [0.15, 0.2) is 6.10 Å². The monoisotopic (exact) mass is 1080 g/mol. The minimum atomic E-state index is -1.52. The van der Waals surface area contributed by atoms with Crippen LogP contribution in [0.3, 0.4) is 0 Å². The van der Waals surface area contributed by atoms with Crippen LogP contribution < -0.4 is 0 Å². The minimum absolute atomic E-state index is 0.181. The Kier molecular flexibility index (Phi) is 55.5. The first-order chi connectivity index (χ1) is 37.6. The molecule has 2 atom stereocenters. The fraction of sp³-hybridized carbons (Fsp3) is 0.721. The van der Waals surface area contributed by atoms with E-state index in [1.807, 2.05) is 21.1 Å². The van der Waals surface area contributed by atoms with Crippen LogP contribution in [0.5, 0.6) is 0 Å². The van der Waals surface area contributed by atoms with E-state index in [0.717, 1.165) is 89.9 Å². The molecule has 0 aliphatic carbocycles. The largest absolute Gasteiger partial charge is 0.477 e. The van der Waals surface area contributed by atoms with Crippen LogP contribution in [-0.4, -0.2) is 87.4 Å². The van der Waals surface area contributed by atoms with Crippen LogP contribution in [0, 0.1) is 0 Å². The molecule has 9 nitrogen and oxygen atoms in total. The standard InChI is InChI=1S/C68H117NO8/c1-6-8-10-12-14-16-18-20-22-24-26-28-30-31-32-33-34-35-37-38-40-42-44-46-48-50-52-54-56-58-65(70)75-62-64(63-76-68(67(72)73)74-61-60-69(3,4)5)77-66(71)59-57-55-53-51-49-47-45-43-41-39-36-29-27-25-23-21-19-17-15-13-11-9-7-2/h9,11,15,17-18,20-21,23-24,26-27,29-31,39,41,64,68H,6-8,10,12-14,16,19,22,25,28,32-38,40,42-63H2,1-5H3/p+1/b11-9-,17-15-,20-18-,23-21-,26-24-,29-27-,31-30-,41-39-. The molecule has 0 aromatic carbocycles. The number of esters is 2. The van der Waals surface area contributed by atoms with Gasteiger partial charge in [0, 0.05) is 12.8 Å². The van der Waals surface area contributed by atoms with Gasteiger partial charge in [-0.05, 0) is 96.3 Å². The number of hydrogen-bond donors (Lipinski definition) is 1. The van der Waals surface area contributed by atoms with Crippen molar-refractivity contribution >= 4 is 17.9 Å². The second-order valence-electron chi connectivity index (χ2n) is 22.0. The number of hydrogen-bond acceptors (Lipinski definition) is 7. The van der Waals surface area contributed by atoms with Crippen molar-refractivity contribution in [2.45, 2.75) is 270 Å². The lowest BCUT2D eigenvalue weighted by Crippen LogP contribution is -2.40. The van der Waals surface area contributed by atoms with Gasteiger partial charge in [-0.2, -0.15) is 0 Å². The summed E-state index contributed by atoms with van der Waals surface area (Å²) in [5.74, 6) is -2.02. The van der Waals surface area contributed by atoms with E-state index < -0.39 is 24.3 Å². The van der Waals surface area contributed by atoms with Gasteiger partial charge in [0.2, 0.25) is 0 Å². The lowest BCUT2D eigenvalue weighted by Gasteiger charge is -2.25. The van der Waals surface area contributed by atoms with E-state index in [2.05, 4.69) is 111 Å². The third kappa shape index (κ3) is 59.7. The molecule has 1 N–H and O–H groups in total. The van der Waals surface area contributed by atoms with Crippen molar-refractivity contribution < 1.29 is 42.9 Å². The zero-order valence-corrected chi connectivity index (χ0v) is 50.3. The van der Waals surface area contributed by atoms with Crippen molar-refractivity contribution in [3.63, 3.8) is 0 Å². The van der Waals surface area contributed by atoms with Crippen LogP contribution in [0.1, 0.15) is 258 Å². The molecule has 0 fully saturated rings. The number of nitrogens with zero attached hydrogens (tertiary/aromatic N) is 1. The zero-order chi connectivity index (χ0) is 56.2. The van der Waals surface area contributed by atoms with Crippen LogP contribution >= 0.6 is 0 Å². The summed E-state index contributed by atoms with van der Waals surface area (Å²) in [5.41, 5.74) is 0. The van der Waals surface area contributed by atoms with Gasteiger partial charge in [-0.3, -0.25) is 9.59 Å². The number of carboxylic acids is 1. The molecular formula is C68H118NO8+. The predicted octanol–water partition coefficient (Wildman–Crippen LogP) is 18.9. The molecule has 0 saturated carbocycles. The molecule has 0 amide bonds. The summed E-state index contributed by atoms with van der Waals surface area (Å²) in [6, 6.07) is 0. The normalized spacial score (nSPS) is 13.4. The van der Waals surface area contributed by atoms with Crippen molar-refractivity contribution in [2.75, 3.05) is 47.5 Å². The molecular weight excluding hydrogens is 959 g/mol. The quantitative estimate of drug-likeness (QED) is 0.0211. The Labute approximate surface area is 473 Å². The van der Waals surface area contributed by atoms with Gasteiger partial charge in [-0.1, -0.05) is 246 Å². The first-order valence-corrected chi connectivity index (χ1v) is 31.4. The molecule has 0 aromatic heterocycles. The van der Waals surface area contributed by atoms with Crippen LogP contribution in [0.15, 0.2) is 97.2 Å². The molecule has 0 spiro atoms. The number of likely N-dealkylation sites (N-methyl/N-ethyl adjacent to an activating group) is 1. The maximum absolute atomic E-state index is 12.9. The summed E-state index contributed by atoms with van der Waals surface area (Å²) in [6.45, 7) is 4.75. The molecule has 0 radical (unpaired) electrons. The van der Waals surface area contributed by atoms with Crippen molar-refractivity contribution in [3.8, 4) is 0 Å². The number of allylic oxidation sites excluding steroid dienone is 16. The Morgan fingerprint density at radius 3 is 1.10 bits per heavy atom. The van der Waals surface area contributed by atoms with Gasteiger partial charge in [-0.15, -0.1) is 0 Å². The number of aliphatic carboxylic acids is 1. The van der Waals surface area contributed by atoms with Crippen LogP contribution in [0.4, 0.5) is 0 Å². The summed E-state index contributed by atoms with van der Waals surface area (Å²) < 4.78 is 22.9. The van der Waals surface area contributed by atoms with E-state index in [-0.39, 0.29) is 32.2 Å². The van der Waals surface area contributed by atoms with Crippen molar-refractivity contribution in [1.29, 1.82) is 0 Å². The SMILES string of the molecule is CC/C=C\C/C=C\C/C=C\C/C=C\C/C=C\CCCCCCCCCC(=O)OC(COC(=O)CCCCCCCCCCCCCCCC/C=C\C/C=C\C/C=C\CCCCCCC)COC(OCC[N+](C)(C)C)C(=O)O. The second-order valence-corrected chi connectivity index (χ2v) is 22.0. The Morgan fingerprint density at radius 2 is 0.740 bits per heavy atom. The Hall–Kier alpha value is -3.79. The van der Waals surface area contributed by atoms with Gasteiger partial charge in [0.25, 0.3) is 6.29 Å². The van der Waals surface area contributed by atoms with Crippen molar-refractivity contribution in [3.05, 3.63) is 97.2 Å². The van der Waals surface area contributed by atoms with Crippen LogP contribution in [-0.2, 0) is 33.3 Å². The molecule has 2 unspecified atom stereocenters. The summed E-state index contributed by atoms with van der Waals surface area (Å²) >= 11 is 0. The molecule has 0 heterocycles. The maximum Gasteiger partial charge on any atom is 0.361 e. The van der Waals surface area contributed by atoms with Crippen LogP contribution in [0.25, 0.3) is 0 Å². The van der Waals surface area contributed by atoms with Gasteiger partial charge < -0.3 is 28.5 Å². The van der Waals surface area contributed by atoms with E-state index in [1.165, 1.54) is 135 Å². The van der Waals surface area contributed by atoms with Crippen LogP contribution in [0.2, 0.25) is 0 Å². The predicted molar refractivity (Wildman–Crippen MR) is 327 cm³/mol. The highest BCUT2D eigenvalue weighted by Gasteiger charge is 2.25. The minimum Gasteiger partial charge on any atom is -0.477 e. The lowest BCUT2D eigenvalue weighted by molar-refractivity contribution is -0.870. The topological polar surface area (TPSA) is 108 Å². The smallest absolute Gasteiger partial charge is 0.361 e. The van der Waals surface area contributed by atoms with Gasteiger partial charge in [0.1, 0.15) is 13.2 Å². The molecule has 0 bridgehead atoms. The average molecular weight is 1080 g/mol. The van der Waals surface area contributed by atoms with Gasteiger partial charge in [-0.25, -0.2) is 4.79 Å². The Bertz CT molecular complexity index is 1580. The Balaban J connectivity index is 4.21. The van der Waals surface area contributed by atoms with E-state index in [9.17, 15) is 19.5 Å². The number of unbranched alkanes of at least 4 members (excludes halogenated alkanes) is 26. The first-order valence-electron chi connectivity index (χ1n) is 31.4. The number of rotatable bonds is 57. The molecule has 9 heteroatoms. The number of carboxylic acid groups (broad SMARTS) is 1. The highest BCUT2D eigenvalue weighted by Crippen LogP contribution is 2.16. The van der Waals surface area contributed by atoms with Gasteiger partial charge >= 0.3 is 17.9 Å². The maximum atomic E-state index is 12.9. The van der Waals surface area contributed by atoms with Crippen molar-refractivity contribution in [1.82, 2.24) is 0 Å². The molecule has 0 aliphatic heterocycles. The zero-order valence-electron chi connectivity index (χ0n) is 50.3. The third-order valence-electron chi connectivity index (χ3n) is 13.3. The van der Waals surface area contributed by atoms with E-state index in [1.54, 1.807) is 0 Å². The fourth-order valence-corrected chi connectivity index (χ4v) is 8.52. The highest BCUT2D eigenvalue weighted by molar-refractivity contribution is 5.71. The summed E-state index contributed by atoms with van der Waals surface area (Å²) in [4.78, 5) is 37.5. The number of carbonyl (C=O) groups is 3. The second kappa shape index (κ2) is 58.4. The van der Waals surface area contributed by atoms with Crippen molar-refractivity contribution in [2.24, 2.45) is 0 Å². The fourth-order valence-electron chi connectivity index (χ4n) is 8.52. The van der Waals surface area contributed by atoms with E-state index in [0.29, 0.717) is 23.9 Å². The Morgan fingerprint density at radius 1 is 0.403 bits per heavy atom. The van der Waals surface area contributed by atoms with Gasteiger partial charge in [0.05, 0.1) is 34.4 Å². The number of carbonyl (C=O) groups excluding carboxylic acids is 2. The molecule has 0 aromatic rings. The molecule has 0 aliphatic rings. The first kappa shape index (κ1) is 73.2. The number of quaternary nitrogens is 1. The highest BCUT2D eigenvalue weighted by atomic mass is 16.7. The average Bonchev–Trinajstić information content (AvgIpc) is 3.40. The van der Waals surface area contributed by atoms with E-state index >= 15 is 0 Å². The third-order valence-corrected chi connectivity index (χ3v) is 13.3. The summed E-state index contributed by atoms with van der Waals surface area (Å²) in [6.07, 6.45) is 76.3. The van der Waals surface area contributed by atoms with E-state index in [4.69, 9.17) is 18.9 Å². The molecule has 0 saturated heterocycles. The summed E-state index contributed by atoms with van der Waals surface area (Å²) in [5, 5.41) is 9.72. The summed E-state index contributed by atoms with van der Waals surface area (Å²) in [7, 11) is 5.96. The molecule has 0 rings (SSSR count).